The van der Waals surface area contributed by atoms with Crippen molar-refractivity contribution in [3.63, 3.8) is 0 Å². The van der Waals surface area contributed by atoms with Crippen molar-refractivity contribution in [2.45, 2.75) is 39.1 Å². The summed E-state index contributed by atoms with van der Waals surface area (Å²) in [7, 11) is 0. The normalized spacial score (nSPS) is 18.6. The zero-order valence-electron chi connectivity index (χ0n) is 10.7. The van der Waals surface area contributed by atoms with Gasteiger partial charge < -0.3 is 14.2 Å². The Bertz CT molecular complexity index is 350. The molecule has 0 atom stereocenters. The molecule has 0 amide bonds. The van der Waals surface area contributed by atoms with Gasteiger partial charge >= 0.3 is 0 Å². The van der Waals surface area contributed by atoms with Crippen LogP contribution in [0.3, 0.4) is 0 Å². The SMILES string of the molecule is CCC1(c2ccc(OC(C)C)cc2)OCCO1. The van der Waals surface area contributed by atoms with Gasteiger partial charge in [0.2, 0.25) is 0 Å². The molecule has 0 bridgehead atoms. The fourth-order valence-electron chi connectivity index (χ4n) is 2.09. The molecule has 1 heterocycles. The van der Waals surface area contributed by atoms with E-state index in [-0.39, 0.29) is 6.10 Å². The Morgan fingerprint density at radius 2 is 1.76 bits per heavy atom. The van der Waals surface area contributed by atoms with Gasteiger partial charge in [-0.1, -0.05) is 6.92 Å². The number of hydrogen-bond donors (Lipinski definition) is 0. The number of ether oxygens (including phenoxy) is 3. The van der Waals surface area contributed by atoms with Crippen molar-refractivity contribution < 1.29 is 14.2 Å². The van der Waals surface area contributed by atoms with Crippen molar-refractivity contribution in [3.05, 3.63) is 29.8 Å². The van der Waals surface area contributed by atoms with E-state index in [9.17, 15) is 0 Å². The lowest BCUT2D eigenvalue weighted by Gasteiger charge is -2.26. The van der Waals surface area contributed by atoms with Crippen LogP contribution in [0.2, 0.25) is 0 Å². The first-order chi connectivity index (χ1) is 8.16. The lowest BCUT2D eigenvalue weighted by molar-refractivity contribution is -0.167. The van der Waals surface area contributed by atoms with E-state index in [0.29, 0.717) is 13.2 Å². The second kappa shape index (κ2) is 5.07. The Balaban J connectivity index is 2.16. The maximum Gasteiger partial charge on any atom is 0.194 e. The van der Waals surface area contributed by atoms with Crippen molar-refractivity contribution in [2.75, 3.05) is 13.2 Å². The molecule has 3 nitrogen and oxygen atoms in total. The fraction of sp³-hybridized carbons (Fsp3) is 0.571. The first-order valence-electron chi connectivity index (χ1n) is 6.21. The van der Waals surface area contributed by atoms with E-state index in [2.05, 4.69) is 6.92 Å². The van der Waals surface area contributed by atoms with Crippen LogP contribution in [0, 0.1) is 0 Å². The third kappa shape index (κ3) is 2.61. The molecule has 2 rings (SSSR count). The minimum atomic E-state index is -0.545. The van der Waals surface area contributed by atoms with Crippen LogP contribution >= 0.6 is 0 Å². The van der Waals surface area contributed by atoms with Gasteiger partial charge in [-0.15, -0.1) is 0 Å². The summed E-state index contributed by atoms with van der Waals surface area (Å²) in [5.74, 6) is 0.337. The predicted octanol–water partition coefficient (Wildman–Crippen LogP) is 3.08. The second-order valence-corrected chi connectivity index (χ2v) is 4.49. The molecule has 0 saturated carbocycles. The molecule has 0 N–H and O–H groups in total. The van der Waals surface area contributed by atoms with E-state index < -0.39 is 5.79 Å². The maximum absolute atomic E-state index is 5.73. The molecule has 1 fully saturated rings. The Hall–Kier alpha value is -1.06. The molecule has 3 heteroatoms. The van der Waals surface area contributed by atoms with E-state index in [0.717, 1.165) is 17.7 Å². The molecule has 0 spiro atoms. The van der Waals surface area contributed by atoms with E-state index in [1.807, 2.05) is 38.1 Å². The van der Waals surface area contributed by atoms with Crippen LogP contribution in [-0.4, -0.2) is 19.3 Å². The van der Waals surface area contributed by atoms with Gasteiger partial charge in [0.1, 0.15) is 5.75 Å². The van der Waals surface area contributed by atoms with Gasteiger partial charge in [0.05, 0.1) is 19.3 Å². The van der Waals surface area contributed by atoms with Crippen molar-refractivity contribution in [2.24, 2.45) is 0 Å². The molecule has 94 valence electrons. The van der Waals surface area contributed by atoms with Crippen LogP contribution in [0.15, 0.2) is 24.3 Å². The molecule has 1 aliphatic heterocycles. The van der Waals surface area contributed by atoms with Gasteiger partial charge in [-0.2, -0.15) is 0 Å². The Morgan fingerprint density at radius 1 is 1.18 bits per heavy atom. The summed E-state index contributed by atoms with van der Waals surface area (Å²) in [6.07, 6.45) is 1.01. The fourth-order valence-corrected chi connectivity index (χ4v) is 2.09. The van der Waals surface area contributed by atoms with Gasteiger partial charge in [-0.25, -0.2) is 0 Å². The Labute approximate surface area is 103 Å². The lowest BCUT2D eigenvalue weighted by atomic mass is 10.0. The van der Waals surface area contributed by atoms with Crippen molar-refractivity contribution in [3.8, 4) is 5.75 Å². The predicted molar refractivity (Wildman–Crippen MR) is 66.1 cm³/mol. The first-order valence-corrected chi connectivity index (χ1v) is 6.21. The van der Waals surface area contributed by atoms with Gasteiger partial charge in [-0.05, 0) is 38.1 Å². The zero-order chi connectivity index (χ0) is 12.3. The van der Waals surface area contributed by atoms with E-state index in [4.69, 9.17) is 14.2 Å². The van der Waals surface area contributed by atoms with Crippen molar-refractivity contribution in [1.82, 2.24) is 0 Å². The van der Waals surface area contributed by atoms with Gasteiger partial charge in [0, 0.05) is 12.0 Å². The second-order valence-electron chi connectivity index (χ2n) is 4.49. The Morgan fingerprint density at radius 3 is 2.24 bits per heavy atom. The molecule has 0 aliphatic carbocycles. The summed E-state index contributed by atoms with van der Waals surface area (Å²) in [5.41, 5.74) is 1.06. The summed E-state index contributed by atoms with van der Waals surface area (Å²) < 4.78 is 17.1. The molecular weight excluding hydrogens is 216 g/mol. The molecule has 1 aliphatic rings. The van der Waals surface area contributed by atoms with Gasteiger partial charge in [0.15, 0.2) is 5.79 Å². The summed E-state index contributed by atoms with van der Waals surface area (Å²) in [6.45, 7) is 7.44. The van der Waals surface area contributed by atoms with E-state index in [1.54, 1.807) is 0 Å². The molecule has 0 radical (unpaired) electrons. The highest BCUT2D eigenvalue weighted by molar-refractivity contribution is 5.30. The minimum absolute atomic E-state index is 0.194. The minimum Gasteiger partial charge on any atom is -0.491 e. The van der Waals surface area contributed by atoms with Crippen LogP contribution < -0.4 is 4.74 Å². The van der Waals surface area contributed by atoms with E-state index >= 15 is 0 Å². The quantitative estimate of drug-likeness (QED) is 0.804. The van der Waals surface area contributed by atoms with Crippen LogP contribution in [0.5, 0.6) is 5.75 Å². The summed E-state index contributed by atoms with van der Waals surface area (Å²) >= 11 is 0. The van der Waals surface area contributed by atoms with Crippen LogP contribution in [0.4, 0.5) is 0 Å². The standard InChI is InChI=1S/C14H20O3/c1-4-14(15-9-10-16-14)12-5-7-13(8-6-12)17-11(2)3/h5-8,11H,4,9-10H2,1-3H3. The smallest absolute Gasteiger partial charge is 0.194 e. The lowest BCUT2D eigenvalue weighted by Crippen LogP contribution is -2.25. The van der Waals surface area contributed by atoms with Crippen molar-refractivity contribution in [1.29, 1.82) is 0 Å². The highest BCUT2D eigenvalue weighted by atomic mass is 16.7. The molecule has 1 saturated heterocycles. The third-order valence-corrected chi connectivity index (χ3v) is 2.89. The van der Waals surface area contributed by atoms with Gasteiger partial charge in [-0.3, -0.25) is 0 Å². The summed E-state index contributed by atoms with van der Waals surface area (Å²) in [4.78, 5) is 0. The van der Waals surface area contributed by atoms with Crippen LogP contribution in [0.25, 0.3) is 0 Å². The summed E-state index contributed by atoms with van der Waals surface area (Å²) in [5, 5.41) is 0. The van der Waals surface area contributed by atoms with Gasteiger partial charge in [0.25, 0.3) is 0 Å². The number of benzene rings is 1. The van der Waals surface area contributed by atoms with Crippen LogP contribution in [0.1, 0.15) is 32.8 Å². The topological polar surface area (TPSA) is 27.7 Å². The average Bonchev–Trinajstić information content (AvgIpc) is 2.79. The molecule has 0 aromatic heterocycles. The van der Waals surface area contributed by atoms with Crippen molar-refractivity contribution >= 4 is 0 Å². The maximum atomic E-state index is 5.73. The third-order valence-electron chi connectivity index (χ3n) is 2.89. The largest absolute Gasteiger partial charge is 0.491 e. The molecular formula is C14H20O3. The monoisotopic (exact) mass is 236 g/mol. The molecule has 17 heavy (non-hydrogen) atoms. The highest BCUT2D eigenvalue weighted by Crippen LogP contribution is 2.35. The summed E-state index contributed by atoms with van der Waals surface area (Å²) in [6, 6.07) is 7.98. The molecule has 0 unspecified atom stereocenters. The molecule has 1 aromatic carbocycles. The zero-order valence-corrected chi connectivity index (χ0v) is 10.7. The van der Waals surface area contributed by atoms with E-state index in [1.165, 1.54) is 0 Å². The molecule has 1 aromatic rings. The Kier molecular flexibility index (Phi) is 3.69. The average molecular weight is 236 g/mol. The first kappa shape index (κ1) is 12.4. The highest BCUT2D eigenvalue weighted by Gasteiger charge is 2.36. The number of rotatable bonds is 4. The van der Waals surface area contributed by atoms with Crippen LogP contribution in [-0.2, 0) is 15.3 Å². The number of hydrogen-bond acceptors (Lipinski definition) is 3.